The lowest BCUT2D eigenvalue weighted by Gasteiger charge is -2.42. The van der Waals surface area contributed by atoms with E-state index in [2.05, 4.69) is 30.1 Å². The number of sulfone groups is 1. The van der Waals surface area contributed by atoms with Gasteiger partial charge in [-0.1, -0.05) is 31.1 Å². The molecule has 5 heterocycles. The van der Waals surface area contributed by atoms with Crippen molar-refractivity contribution in [3.05, 3.63) is 77.9 Å². The van der Waals surface area contributed by atoms with E-state index in [0.29, 0.717) is 71.9 Å². The Bertz CT molecular complexity index is 2170. The highest BCUT2D eigenvalue weighted by molar-refractivity contribution is 7.91. The van der Waals surface area contributed by atoms with Crippen LogP contribution in [-0.4, -0.2) is 124 Å². The van der Waals surface area contributed by atoms with Crippen molar-refractivity contribution >= 4 is 21.8 Å². The molecule has 7 rings (SSSR count). The van der Waals surface area contributed by atoms with E-state index in [1.165, 1.54) is 30.3 Å². The van der Waals surface area contributed by atoms with Crippen LogP contribution in [0.1, 0.15) is 43.8 Å². The van der Waals surface area contributed by atoms with E-state index < -0.39 is 44.8 Å². The second kappa shape index (κ2) is 16.5. The first kappa shape index (κ1) is 40.2. The Kier molecular flexibility index (Phi) is 11.6. The lowest BCUT2D eigenvalue weighted by atomic mass is 9.85. The molecule has 1 spiro atoms. The maximum absolute atomic E-state index is 14.5. The number of hydrogen-bond donors (Lipinski definition) is 0. The molecule has 3 fully saturated rings. The fourth-order valence-electron chi connectivity index (χ4n) is 7.50. The van der Waals surface area contributed by atoms with Gasteiger partial charge in [-0.25, -0.2) is 13.2 Å². The number of alkyl halides is 3. The molecular formula is C38H43F3N8O7S. The van der Waals surface area contributed by atoms with Crippen LogP contribution in [0.3, 0.4) is 0 Å². The summed E-state index contributed by atoms with van der Waals surface area (Å²) in [5.74, 6) is -2.07. The zero-order valence-electron chi connectivity index (χ0n) is 31.5. The number of rotatable bonds is 13. The highest BCUT2D eigenvalue weighted by atomic mass is 32.2. The third-order valence-corrected chi connectivity index (χ3v) is 12.4. The molecule has 4 aromatic rings. The number of imide groups is 1. The summed E-state index contributed by atoms with van der Waals surface area (Å²) < 4.78 is 86.0. The summed E-state index contributed by atoms with van der Waals surface area (Å²) in [4.78, 5) is 39.5. The molecule has 3 saturated heterocycles. The molecule has 0 aliphatic carbocycles. The molecule has 2 aromatic carbocycles. The van der Waals surface area contributed by atoms with Crippen molar-refractivity contribution < 1.29 is 45.2 Å². The molecule has 57 heavy (non-hydrogen) atoms. The number of benzene rings is 2. The van der Waals surface area contributed by atoms with Crippen molar-refractivity contribution in [2.45, 2.75) is 56.4 Å². The molecule has 0 atom stereocenters. The minimum absolute atomic E-state index is 0.0800. The molecule has 0 radical (unpaired) electrons. The Morgan fingerprint density at radius 2 is 1.67 bits per heavy atom. The number of para-hydroxylation sites is 1. The van der Waals surface area contributed by atoms with E-state index in [-0.39, 0.29) is 46.1 Å². The van der Waals surface area contributed by atoms with Crippen molar-refractivity contribution in [1.29, 1.82) is 0 Å². The van der Waals surface area contributed by atoms with E-state index in [1.807, 2.05) is 12.1 Å². The number of carbonyl (C=O) groups is 2. The van der Waals surface area contributed by atoms with Gasteiger partial charge in [0.2, 0.25) is 11.7 Å². The number of morpholine rings is 1. The van der Waals surface area contributed by atoms with Gasteiger partial charge < -0.3 is 18.9 Å². The lowest BCUT2D eigenvalue weighted by molar-refractivity contribution is -0.138. The minimum atomic E-state index is -4.92. The monoisotopic (exact) mass is 812 g/mol. The molecule has 3 aliphatic heterocycles. The summed E-state index contributed by atoms with van der Waals surface area (Å²) in [5.41, 5.74) is -1.59. The van der Waals surface area contributed by atoms with E-state index >= 15 is 0 Å². The Morgan fingerprint density at radius 1 is 0.912 bits per heavy atom. The quantitative estimate of drug-likeness (QED) is 0.168. The summed E-state index contributed by atoms with van der Waals surface area (Å²) in [5, 5.41) is 12.0. The largest absolute Gasteiger partial charge is 0.455 e. The zero-order chi connectivity index (χ0) is 40.4. The summed E-state index contributed by atoms with van der Waals surface area (Å²) in [7, 11) is -3.87. The van der Waals surface area contributed by atoms with Crippen LogP contribution >= 0.6 is 0 Å². The topological polar surface area (TPSA) is 164 Å². The summed E-state index contributed by atoms with van der Waals surface area (Å²) in [6.07, 6.45) is -2.55. The Hall–Kier alpha value is -4.98. The Morgan fingerprint density at radius 3 is 2.37 bits per heavy atom. The molecular weight excluding hydrogens is 770 g/mol. The predicted molar refractivity (Wildman–Crippen MR) is 197 cm³/mol. The average Bonchev–Trinajstić information content (AvgIpc) is 3.72. The van der Waals surface area contributed by atoms with Crippen molar-refractivity contribution in [3.8, 4) is 22.9 Å². The maximum Gasteiger partial charge on any atom is 0.420 e. The molecule has 0 bridgehead atoms. The third kappa shape index (κ3) is 8.80. The van der Waals surface area contributed by atoms with Gasteiger partial charge in [0.15, 0.2) is 9.84 Å². The van der Waals surface area contributed by atoms with E-state index in [4.69, 9.17) is 14.0 Å². The van der Waals surface area contributed by atoms with Crippen molar-refractivity contribution in [3.63, 3.8) is 0 Å². The van der Waals surface area contributed by atoms with Crippen LogP contribution in [0.15, 0.2) is 70.2 Å². The fraction of sp³-hybridized carbons (Fsp3) is 0.474. The van der Waals surface area contributed by atoms with Crippen LogP contribution in [0, 0.1) is 5.92 Å². The number of urea groups is 1. The van der Waals surface area contributed by atoms with Crippen molar-refractivity contribution in [1.82, 2.24) is 39.9 Å². The van der Waals surface area contributed by atoms with Crippen LogP contribution < -0.4 is 4.74 Å². The van der Waals surface area contributed by atoms with Gasteiger partial charge in [0.25, 0.3) is 5.91 Å². The number of carbonyl (C=O) groups excluding carboxylic acids is 2. The second-order valence-electron chi connectivity index (χ2n) is 14.7. The predicted octanol–water partition coefficient (Wildman–Crippen LogP) is 4.90. The van der Waals surface area contributed by atoms with Gasteiger partial charge in [-0.15, -0.1) is 0 Å². The van der Waals surface area contributed by atoms with Crippen LogP contribution in [0.5, 0.6) is 11.5 Å². The number of halogens is 3. The molecule has 2 aromatic heterocycles. The zero-order valence-corrected chi connectivity index (χ0v) is 32.3. The number of piperidine rings is 1. The molecule has 0 saturated carbocycles. The van der Waals surface area contributed by atoms with Crippen LogP contribution in [-0.2, 0) is 38.6 Å². The first-order valence-corrected chi connectivity index (χ1v) is 20.4. The number of hydrogen-bond acceptors (Lipinski definition) is 13. The molecule has 0 unspecified atom stereocenters. The smallest absolute Gasteiger partial charge is 0.420 e. The molecule has 19 heteroatoms. The van der Waals surface area contributed by atoms with Gasteiger partial charge in [0.1, 0.15) is 28.5 Å². The summed E-state index contributed by atoms with van der Waals surface area (Å²) in [6.45, 7) is 8.11. The fourth-order valence-corrected chi connectivity index (χ4v) is 9.26. The molecule has 3 aliphatic rings. The Labute approximate surface area is 327 Å². The molecule has 3 amide bonds. The number of nitrogens with zero attached hydrogens (tertiary/aromatic N) is 8. The highest BCUT2D eigenvalue weighted by Gasteiger charge is 2.58. The van der Waals surface area contributed by atoms with E-state index in [1.54, 1.807) is 24.9 Å². The third-order valence-electron chi connectivity index (χ3n) is 10.3. The van der Waals surface area contributed by atoms with Crippen molar-refractivity contribution in [2.75, 3.05) is 58.2 Å². The van der Waals surface area contributed by atoms with E-state index in [9.17, 15) is 31.2 Å². The van der Waals surface area contributed by atoms with Crippen LogP contribution in [0.25, 0.3) is 11.4 Å². The van der Waals surface area contributed by atoms with Gasteiger partial charge in [0.05, 0.1) is 30.2 Å². The average molecular weight is 813 g/mol. The van der Waals surface area contributed by atoms with Gasteiger partial charge in [-0.05, 0) is 61.2 Å². The molecule has 15 nitrogen and oxygen atoms in total. The second-order valence-corrected chi connectivity index (χ2v) is 16.7. The van der Waals surface area contributed by atoms with Gasteiger partial charge in [-0.3, -0.25) is 19.5 Å². The van der Waals surface area contributed by atoms with Gasteiger partial charge >= 0.3 is 12.2 Å². The maximum atomic E-state index is 14.5. The minimum Gasteiger partial charge on any atom is -0.455 e. The molecule has 0 N–H and O–H groups in total. The highest BCUT2D eigenvalue weighted by Crippen LogP contribution is 2.42. The summed E-state index contributed by atoms with van der Waals surface area (Å²) in [6, 6.07) is 11.8. The summed E-state index contributed by atoms with van der Waals surface area (Å²) >= 11 is 0. The number of ether oxygens (including phenoxy) is 2. The normalized spacial score (nSPS) is 18.3. The van der Waals surface area contributed by atoms with Crippen LogP contribution in [0.2, 0.25) is 0 Å². The molecule has 304 valence electrons. The van der Waals surface area contributed by atoms with Crippen LogP contribution in [0.4, 0.5) is 18.0 Å². The van der Waals surface area contributed by atoms with Gasteiger partial charge in [-0.2, -0.15) is 28.4 Å². The first-order chi connectivity index (χ1) is 27.2. The number of aromatic nitrogens is 4. The lowest BCUT2D eigenvalue weighted by Crippen LogP contribution is -2.57. The Balaban J connectivity index is 1.10. The first-order valence-electron chi connectivity index (χ1n) is 18.7. The van der Waals surface area contributed by atoms with E-state index in [0.717, 1.165) is 22.7 Å². The number of amides is 3. The van der Waals surface area contributed by atoms with Gasteiger partial charge in [0, 0.05) is 57.6 Å². The number of likely N-dealkylation sites (tertiary alicyclic amines) is 1. The standard InChI is InChI=1S/C38H43F3N8O7S/c1-26(2)25-57(52,53)32-8-4-3-7-31(32)55-30-10-9-27(22-29(30)38(39,40)41)34-43-33(56-45-34)24-48-35(50)37(49(36(48)51)17-16-46-18-20-54-21-19-46)11-14-47(15-12-37)23-28-6-5-13-42-44-28/h3-10,13,22,26H,11-12,14-21,23-25H2,1-2H3. The van der Waals surface area contributed by atoms with Crippen molar-refractivity contribution in [2.24, 2.45) is 5.92 Å². The SMILES string of the molecule is CC(C)CS(=O)(=O)c1ccccc1Oc1ccc(-c2noc(CN3C(=O)N(CCN4CCOCC4)C4(CCN(Cc5cccnn5)CC4)C3=O)n2)cc1C(F)(F)F.